The summed E-state index contributed by atoms with van der Waals surface area (Å²) in [4.78, 5) is 9.27. The van der Waals surface area contributed by atoms with E-state index in [1.165, 1.54) is 12.3 Å². The van der Waals surface area contributed by atoms with Gasteiger partial charge in [-0.3, -0.25) is 4.98 Å². The van der Waals surface area contributed by atoms with Gasteiger partial charge in [-0.15, -0.1) is 0 Å². The molecule has 0 unspecified atom stereocenters. The van der Waals surface area contributed by atoms with Crippen LogP contribution in [0.1, 0.15) is 30.7 Å². The van der Waals surface area contributed by atoms with Crippen molar-refractivity contribution in [1.29, 1.82) is 0 Å². The zero-order chi connectivity index (χ0) is 17.7. The fraction of sp³-hybridized carbons (Fsp3) is 0.294. The summed E-state index contributed by atoms with van der Waals surface area (Å²) in [5, 5.41) is 22.7. The molecule has 2 rings (SSSR count). The second kappa shape index (κ2) is 7.46. The van der Waals surface area contributed by atoms with Crippen molar-refractivity contribution in [2.75, 3.05) is 6.61 Å². The first kappa shape index (κ1) is 18.0. The van der Waals surface area contributed by atoms with Crippen molar-refractivity contribution >= 4 is 5.71 Å². The molecule has 0 amide bonds. The van der Waals surface area contributed by atoms with E-state index in [1.54, 1.807) is 26.0 Å². The number of rotatable bonds is 6. The number of aliphatic hydroxyl groups excluding tert-OH is 1. The molecule has 0 spiro atoms. The van der Waals surface area contributed by atoms with Crippen LogP contribution in [0.25, 0.3) is 0 Å². The van der Waals surface area contributed by atoms with E-state index < -0.39 is 17.2 Å². The monoisotopic (exact) mass is 336 g/mol. The highest BCUT2D eigenvalue weighted by atomic mass is 19.2. The van der Waals surface area contributed by atoms with Crippen molar-refractivity contribution in [3.63, 3.8) is 0 Å². The number of hydrogen-bond donors (Lipinski definition) is 2. The molecular formula is C17H18F2N2O3. The normalized spacial score (nSPS) is 12.3. The molecule has 2 N–H and O–H groups in total. The smallest absolute Gasteiger partial charge is 0.159 e. The van der Waals surface area contributed by atoms with E-state index in [4.69, 9.17) is 9.94 Å². The number of nitrogens with zero attached hydrogens (tertiary/aromatic N) is 2. The van der Waals surface area contributed by atoms with Crippen molar-refractivity contribution in [2.24, 2.45) is 5.16 Å². The summed E-state index contributed by atoms with van der Waals surface area (Å²) in [5.74, 6) is -1.99. The highest BCUT2D eigenvalue weighted by molar-refractivity contribution is 6.11. The van der Waals surface area contributed by atoms with Crippen LogP contribution < -0.4 is 0 Å². The van der Waals surface area contributed by atoms with Gasteiger partial charge in [0.25, 0.3) is 0 Å². The largest absolute Gasteiger partial charge is 0.392 e. The van der Waals surface area contributed by atoms with Gasteiger partial charge in [-0.1, -0.05) is 11.2 Å². The lowest BCUT2D eigenvalue weighted by Gasteiger charge is -2.15. The van der Waals surface area contributed by atoms with Crippen LogP contribution >= 0.6 is 0 Å². The fourth-order valence-corrected chi connectivity index (χ4v) is 1.80. The number of aliphatic hydroxyl groups is 2. The summed E-state index contributed by atoms with van der Waals surface area (Å²) in [6.45, 7) is 2.84. The van der Waals surface area contributed by atoms with E-state index in [1.807, 2.05) is 0 Å². The Morgan fingerprint density at radius 1 is 1.21 bits per heavy atom. The SMILES string of the molecule is CC(C)(O)CO/N=C(/c1ccc(F)c(F)c1)c1ccc(CO)cn1. The minimum atomic E-state index is -1.10. The first-order chi connectivity index (χ1) is 11.3. The van der Waals surface area contributed by atoms with Gasteiger partial charge in [0.15, 0.2) is 11.6 Å². The zero-order valence-corrected chi connectivity index (χ0v) is 13.3. The van der Waals surface area contributed by atoms with Crippen LogP contribution in [0.2, 0.25) is 0 Å². The first-order valence-electron chi connectivity index (χ1n) is 7.24. The van der Waals surface area contributed by atoms with Crippen LogP contribution in [-0.4, -0.2) is 33.1 Å². The quantitative estimate of drug-likeness (QED) is 0.627. The molecular weight excluding hydrogens is 318 g/mol. The number of oxime groups is 1. The maximum atomic E-state index is 13.5. The Balaban J connectivity index is 2.39. The molecule has 0 aliphatic heterocycles. The topological polar surface area (TPSA) is 74.9 Å². The van der Waals surface area contributed by atoms with E-state index in [2.05, 4.69) is 10.1 Å². The summed E-state index contributed by atoms with van der Waals surface area (Å²) in [5.41, 5.74) is 0.308. The molecule has 7 heteroatoms. The first-order valence-corrected chi connectivity index (χ1v) is 7.24. The highest BCUT2D eigenvalue weighted by Crippen LogP contribution is 2.15. The van der Waals surface area contributed by atoms with Crippen molar-refractivity contribution in [3.05, 3.63) is 65.0 Å². The maximum Gasteiger partial charge on any atom is 0.159 e. The summed E-state index contributed by atoms with van der Waals surface area (Å²) >= 11 is 0. The third-order valence-corrected chi connectivity index (χ3v) is 3.02. The van der Waals surface area contributed by atoms with Gasteiger partial charge in [-0.25, -0.2) is 8.78 Å². The van der Waals surface area contributed by atoms with E-state index >= 15 is 0 Å². The molecule has 24 heavy (non-hydrogen) atoms. The molecule has 0 aliphatic rings. The predicted molar refractivity (Wildman–Crippen MR) is 84.4 cm³/mol. The molecule has 0 aliphatic carbocycles. The summed E-state index contributed by atoms with van der Waals surface area (Å²) in [6, 6.07) is 6.54. The number of pyridine rings is 1. The molecule has 0 saturated heterocycles. The fourth-order valence-electron chi connectivity index (χ4n) is 1.80. The van der Waals surface area contributed by atoms with Gasteiger partial charge in [0.2, 0.25) is 0 Å². The average molecular weight is 336 g/mol. The van der Waals surface area contributed by atoms with Crippen molar-refractivity contribution in [2.45, 2.75) is 26.1 Å². The Bertz CT molecular complexity index is 726. The van der Waals surface area contributed by atoms with Crippen LogP contribution in [0.4, 0.5) is 8.78 Å². The second-order valence-electron chi connectivity index (χ2n) is 5.86. The molecule has 0 fully saturated rings. The number of aromatic nitrogens is 1. The summed E-state index contributed by atoms with van der Waals surface area (Å²) in [6.07, 6.45) is 1.45. The Hall–Kier alpha value is -2.38. The van der Waals surface area contributed by atoms with Gasteiger partial charge in [0.1, 0.15) is 12.3 Å². The average Bonchev–Trinajstić information content (AvgIpc) is 2.54. The highest BCUT2D eigenvalue weighted by Gasteiger charge is 2.16. The lowest BCUT2D eigenvalue weighted by atomic mass is 10.1. The number of benzene rings is 1. The van der Waals surface area contributed by atoms with Crippen LogP contribution in [-0.2, 0) is 11.4 Å². The van der Waals surface area contributed by atoms with Crippen LogP contribution in [0.3, 0.4) is 0 Å². The molecule has 2 aromatic rings. The Morgan fingerprint density at radius 2 is 1.96 bits per heavy atom. The molecule has 1 heterocycles. The van der Waals surface area contributed by atoms with E-state index in [0.29, 0.717) is 11.3 Å². The third-order valence-electron chi connectivity index (χ3n) is 3.02. The molecule has 5 nitrogen and oxygen atoms in total. The summed E-state index contributed by atoms with van der Waals surface area (Å²) < 4.78 is 26.7. The molecule has 1 aromatic heterocycles. The van der Waals surface area contributed by atoms with Gasteiger partial charge in [0, 0.05) is 11.8 Å². The van der Waals surface area contributed by atoms with E-state index in [0.717, 1.165) is 12.1 Å². The molecule has 0 saturated carbocycles. The minimum absolute atomic E-state index is 0.0884. The molecule has 0 atom stereocenters. The standard InChI is InChI=1S/C17H18F2N2O3/c1-17(2,23)10-24-21-16(12-4-5-13(18)14(19)7-12)15-6-3-11(9-22)8-20-15/h3-8,22-23H,9-10H2,1-2H3/b21-16-. The van der Waals surface area contributed by atoms with Crippen LogP contribution in [0.15, 0.2) is 41.7 Å². The Morgan fingerprint density at radius 3 is 2.50 bits per heavy atom. The van der Waals surface area contributed by atoms with Gasteiger partial charge < -0.3 is 15.1 Å². The minimum Gasteiger partial charge on any atom is -0.392 e. The number of hydrogen-bond acceptors (Lipinski definition) is 5. The maximum absolute atomic E-state index is 13.5. The van der Waals surface area contributed by atoms with Gasteiger partial charge in [0.05, 0.1) is 17.9 Å². The Kier molecular flexibility index (Phi) is 5.58. The van der Waals surface area contributed by atoms with Gasteiger partial charge >= 0.3 is 0 Å². The predicted octanol–water partition coefficient (Wildman–Crippen LogP) is 2.39. The number of halogens is 2. The summed E-state index contributed by atoms with van der Waals surface area (Å²) in [7, 11) is 0. The van der Waals surface area contributed by atoms with E-state index in [-0.39, 0.29) is 24.5 Å². The second-order valence-corrected chi connectivity index (χ2v) is 5.86. The van der Waals surface area contributed by atoms with Crippen molar-refractivity contribution < 1.29 is 23.8 Å². The molecule has 0 radical (unpaired) electrons. The van der Waals surface area contributed by atoms with E-state index in [9.17, 15) is 13.9 Å². The zero-order valence-electron chi connectivity index (χ0n) is 13.3. The molecule has 0 bridgehead atoms. The van der Waals surface area contributed by atoms with Gasteiger partial charge in [-0.05, 0) is 43.7 Å². The van der Waals surface area contributed by atoms with Crippen LogP contribution in [0.5, 0.6) is 0 Å². The van der Waals surface area contributed by atoms with Crippen molar-refractivity contribution in [1.82, 2.24) is 4.98 Å². The molecule has 1 aromatic carbocycles. The van der Waals surface area contributed by atoms with Crippen molar-refractivity contribution in [3.8, 4) is 0 Å². The van der Waals surface area contributed by atoms with Gasteiger partial charge in [-0.2, -0.15) is 0 Å². The Labute approximate surface area is 138 Å². The lowest BCUT2D eigenvalue weighted by molar-refractivity contribution is -0.0189. The third kappa shape index (κ3) is 4.81. The lowest BCUT2D eigenvalue weighted by Crippen LogP contribution is -2.25. The van der Waals surface area contributed by atoms with Crippen LogP contribution in [0, 0.1) is 11.6 Å². The molecule has 128 valence electrons.